The quantitative estimate of drug-likeness (QED) is 0.523. The Morgan fingerprint density at radius 2 is 2.50 bits per heavy atom. The smallest absolute Gasteiger partial charge is 0.100 e. The number of hydrogen-bond donors (Lipinski definition) is 0. The Labute approximate surface area is 62.0 Å². The zero-order valence-corrected chi connectivity index (χ0v) is 6.74. The van der Waals surface area contributed by atoms with Crippen molar-refractivity contribution in [2.75, 3.05) is 0 Å². The minimum atomic E-state index is 0.461. The van der Waals surface area contributed by atoms with Crippen LogP contribution < -0.4 is 0 Å². The molecule has 1 heterocycles. The van der Waals surface area contributed by atoms with Crippen molar-refractivity contribution in [2.45, 2.75) is 11.0 Å². The van der Waals surface area contributed by atoms with Crippen molar-refractivity contribution >= 4 is 22.6 Å². The molecule has 44 valence electrons. The zero-order valence-electron chi connectivity index (χ0n) is 4.58. The molecule has 0 unspecified atom stereocenters. The molecule has 0 spiro atoms. The van der Waals surface area contributed by atoms with Gasteiger partial charge in [0.05, 0.1) is 0 Å². The van der Waals surface area contributed by atoms with Gasteiger partial charge in [-0.05, 0) is 13.0 Å². The minimum absolute atomic E-state index is 0.461. The molecule has 0 saturated heterocycles. The lowest BCUT2D eigenvalue weighted by molar-refractivity contribution is 0.665. The molecule has 1 aromatic rings. The fraction of sp³-hybridized carbons (Fsp3) is 0.400. The van der Waals surface area contributed by atoms with Gasteiger partial charge in [0.15, 0.2) is 0 Å². The highest BCUT2D eigenvalue weighted by atomic mass is 127. The molecule has 1 rings (SSSR count). The van der Waals surface area contributed by atoms with E-state index in [1.165, 1.54) is 0 Å². The Morgan fingerprint density at radius 1 is 1.75 bits per heavy atom. The van der Waals surface area contributed by atoms with Crippen LogP contribution in [0.1, 0.15) is 11.0 Å². The first-order chi connectivity index (χ1) is 3.80. The number of halogens is 1. The van der Waals surface area contributed by atoms with E-state index in [1.54, 1.807) is 6.20 Å². The maximum atomic E-state index is 4.02. The molecule has 0 amide bonds. The second kappa shape index (κ2) is 2.48. The van der Waals surface area contributed by atoms with Gasteiger partial charge in [-0.1, -0.05) is 22.6 Å². The van der Waals surface area contributed by atoms with Gasteiger partial charge in [-0.15, -0.1) is 0 Å². The summed E-state index contributed by atoms with van der Waals surface area (Å²) in [6.07, 6.45) is 3.74. The monoisotopic (exact) mass is 222 g/mol. The second-order valence-corrected chi connectivity index (χ2v) is 3.36. The maximum Gasteiger partial charge on any atom is 0.100 e. The van der Waals surface area contributed by atoms with Gasteiger partial charge in [-0.3, -0.25) is 4.68 Å². The molecular formula is C5H7IN2. The van der Waals surface area contributed by atoms with Crippen molar-refractivity contribution in [1.82, 2.24) is 9.78 Å². The van der Waals surface area contributed by atoms with Gasteiger partial charge < -0.3 is 0 Å². The van der Waals surface area contributed by atoms with Crippen LogP contribution in [0.2, 0.25) is 0 Å². The average molecular weight is 222 g/mol. The van der Waals surface area contributed by atoms with Gasteiger partial charge in [0.25, 0.3) is 0 Å². The first-order valence-corrected chi connectivity index (χ1v) is 3.68. The van der Waals surface area contributed by atoms with E-state index in [1.807, 2.05) is 16.9 Å². The molecule has 8 heavy (non-hydrogen) atoms. The topological polar surface area (TPSA) is 17.8 Å². The molecular weight excluding hydrogens is 215 g/mol. The molecule has 3 heteroatoms. The summed E-state index contributed by atoms with van der Waals surface area (Å²) in [5, 5.41) is 4.02. The van der Waals surface area contributed by atoms with Gasteiger partial charge in [0.2, 0.25) is 0 Å². The summed E-state index contributed by atoms with van der Waals surface area (Å²) in [6.45, 7) is 2.09. The van der Waals surface area contributed by atoms with E-state index in [-0.39, 0.29) is 0 Å². The van der Waals surface area contributed by atoms with Crippen molar-refractivity contribution in [3.63, 3.8) is 0 Å². The van der Waals surface area contributed by atoms with Gasteiger partial charge in [-0.2, -0.15) is 5.10 Å². The average Bonchev–Trinajstić information content (AvgIpc) is 2.12. The van der Waals surface area contributed by atoms with Gasteiger partial charge >= 0.3 is 0 Å². The number of hydrogen-bond acceptors (Lipinski definition) is 1. The molecule has 0 aliphatic rings. The maximum absolute atomic E-state index is 4.02. The first kappa shape index (κ1) is 6.07. The Balaban J connectivity index is 2.77. The Hall–Kier alpha value is -0.0600. The first-order valence-electron chi connectivity index (χ1n) is 2.44. The largest absolute Gasteiger partial charge is 0.260 e. The summed E-state index contributed by atoms with van der Waals surface area (Å²) in [6, 6.07) is 1.93. The van der Waals surface area contributed by atoms with Crippen LogP contribution in [0, 0.1) is 0 Å². The molecule has 0 bridgehead atoms. The molecule has 1 aromatic heterocycles. The lowest BCUT2D eigenvalue weighted by atomic mass is 10.7. The highest BCUT2D eigenvalue weighted by molar-refractivity contribution is 14.1. The fourth-order valence-corrected chi connectivity index (χ4v) is 0.821. The standard InChI is InChI=1S/C5H7IN2/c1-5(6)8-4-2-3-7-8/h2-5H,1H3/t5-/m0/s1. The predicted octanol–water partition coefficient (Wildman–Crippen LogP) is 1.84. The third-order valence-corrected chi connectivity index (χ3v) is 1.46. The molecule has 0 aliphatic heterocycles. The second-order valence-electron chi connectivity index (χ2n) is 1.56. The Bertz CT molecular complexity index is 145. The Morgan fingerprint density at radius 3 is 2.75 bits per heavy atom. The Kier molecular flexibility index (Phi) is 1.88. The van der Waals surface area contributed by atoms with Crippen LogP contribution >= 0.6 is 22.6 Å². The predicted molar refractivity (Wildman–Crippen MR) is 41.0 cm³/mol. The van der Waals surface area contributed by atoms with E-state index in [2.05, 4.69) is 34.6 Å². The van der Waals surface area contributed by atoms with Crippen LogP contribution in [-0.4, -0.2) is 9.78 Å². The molecule has 0 aliphatic carbocycles. The highest BCUT2D eigenvalue weighted by Crippen LogP contribution is 2.10. The van der Waals surface area contributed by atoms with Crippen molar-refractivity contribution in [1.29, 1.82) is 0 Å². The molecule has 0 N–H and O–H groups in total. The van der Waals surface area contributed by atoms with Crippen LogP contribution in [0.4, 0.5) is 0 Å². The van der Waals surface area contributed by atoms with Crippen LogP contribution in [0.15, 0.2) is 18.5 Å². The normalized spacial score (nSPS) is 13.8. The summed E-state index contributed by atoms with van der Waals surface area (Å²) >= 11 is 2.31. The van der Waals surface area contributed by atoms with Crippen molar-refractivity contribution in [2.24, 2.45) is 0 Å². The van der Waals surface area contributed by atoms with Gasteiger partial charge in [0.1, 0.15) is 4.05 Å². The molecule has 0 fully saturated rings. The molecule has 0 saturated carbocycles. The lowest BCUT2D eigenvalue weighted by Gasteiger charge is -1.99. The minimum Gasteiger partial charge on any atom is -0.260 e. The number of alkyl halides is 1. The third-order valence-electron chi connectivity index (χ3n) is 0.889. The zero-order chi connectivity index (χ0) is 5.98. The van der Waals surface area contributed by atoms with Crippen molar-refractivity contribution < 1.29 is 0 Å². The van der Waals surface area contributed by atoms with E-state index in [4.69, 9.17) is 0 Å². The van der Waals surface area contributed by atoms with E-state index in [0.717, 1.165) is 0 Å². The SMILES string of the molecule is C[C@@H](I)n1cccn1. The molecule has 0 aromatic carbocycles. The lowest BCUT2D eigenvalue weighted by Crippen LogP contribution is -1.96. The van der Waals surface area contributed by atoms with Gasteiger partial charge in [0, 0.05) is 12.4 Å². The van der Waals surface area contributed by atoms with Crippen LogP contribution in [0.3, 0.4) is 0 Å². The number of aromatic nitrogens is 2. The highest BCUT2D eigenvalue weighted by Gasteiger charge is 1.93. The summed E-state index contributed by atoms with van der Waals surface area (Å²) in [4.78, 5) is 0. The van der Waals surface area contributed by atoms with Crippen LogP contribution in [0.25, 0.3) is 0 Å². The third kappa shape index (κ3) is 1.21. The van der Waals surface area contributed by atoms with Crippen LogP contribution in [-0.2, 0) is 0 Å². The summed E-state index contributed by atoms with van der Waals surface area (Å²) in [5.74, 6) is 0. The number of nitrogens with zero attached hydrogens (tertiary/aromatic N) is 2. The van der Waals surface area contributed by atoms with Crippen molar-refractivity contribution in [3.8, 4) is 0 Å². The van der Waals surface area contributed by atoms with E-state index in [0.29, 0.717) is 4.05 Å². The molecule has 1 atom stereocenters. The van der Waals surface area contributed by atoms with Crippen LogP contribution in [0.5, 0.6) is 0 Å². The summed E-state index contributed by atoms with van der Waals surface area (Å²) in [7, 11) is 0. The molecule has 2 nitrogen and oxygen atoms in total. The summed E-state index contributed by atoms with van der Waals surface area (Å²) < 4.78 is 2.36. The van der Waals surface area contributed by atoms with E-state index < -0.39 is 0 Å². The van der Waals surface area contributed by atoms with E-state index in [9.17, 15) is 0 Å². The summed E-state index contributed by atoms with van der Waals surface area (Å²) in [5.41, 5.74) is 0. The number of rotatable bonds is 1. The molecule has 0 radical (unpaired) electrons. The van der Waals surface area contributed by atoms with E-state index >= 15 is 0 Å². The van der Waals surface area contributed by atoms with Crippen molar-refractivity contribution in [3.05, 3.63) is 18.5 Å². The fourth-order valence-electron chi connectivity index (χ4n) is 0.491. The van der Waals surface area contributed by atoms with Gasteiger partial charge in [-0.25, -0.2) is 0 Å².